The Hall–Kier alpha value is -4.47. The number of pyridine rings is 1. The molecule has 2 aromatic carbocycles. The standard InChI is InChI=1S/C30H28N4O5/c1-32-18-21(17-25-28(37)27-23(36)3-2-4-24(27)39-25)26-22(9-10-31-29(26)32)19-5-7-20(8-6-19)30(38)34-13-11-33(12-14-34)15-16-35/h2-10,17-18,35-36H,11-16H2,1H3. The molecular formula is C30H28N4O5. The third kappa shape index (κ3) is 4.45. The highest BCUT2D eigenvalue weighted by Crippen LogP contribution is 2.39. The number of allylic oxidation sites excluding steroid dienone is 1. The number of Topliss-reactive ketones (excluding diaryl/α,β-unsaturated/α-hetero) is 1. The van der Waals surface area contributed by atoms with E-state index in [1.54, 1.807) is 24.4 Å². The second-order valence-corrected chi connectivity index (χ2v) is 9.78. The van der Waals surface area contributed by atoms with Gasteiger partial charge in [-0.05, 0) is 47.5 Å². The van der Waals surface area contributed by atoms with E-state index in [0.717, 1.165) is 40.8 Å². The number of phenols is 1. The number of benzene rings is 2. The van der Waals surface area contributed by atoms with Crippen LogP contribution in [0, 0.1) is 0 Å². The molecule has 2 aromatic heterocycles. The van der Waals surface area contributed by atoms with Crippen LogP contribution in [-0.2, 0) is 7.05 Å². The number of rotatable bonds is 5. The number of piperazine rings is 1. The summed E-state index contributed by atoms with van der Waals surface area (Å²) in [4.78, 5) is 34.6. The van der Waals surface area contributed by atoms with Gasteiger partial charge in [0, 0.05) is 68.7 Å². The molecule has 1 amide bonds. The van der Waals surface area contributed by atoms with Crippen molar-refractivity contribution in [2.24, 2.45) is 7.05 Å². The number of hydrogen-bond acceptors (Lipinski definition) is 7. The third-order valence-electron chi connectivity index (χ3n) is 7.37. The number of carbonyl (C=O) groups is 2. The molecule has 0 spiro atoms. The number of aromatic hydroxyl groups is 1. The first kappa shape index (κ1) is 24.8. The quantitative estimate of drug-likeness (QED) is 0.386. The van der Waals surface area contributed by atoms with Crippen LogP contribution in [0.15, 0.2) is 66.7 Å². The summed E-state index contributed by atoms with van der Waals surface area (Å²) in [5, 5.41) is 20.1. The van der Waals surface area contributed by atoms with Gasteiger partial charge in [-0.25, -0.2) is 4.98 Å². The van der Waals surface area contributed by atoms with E-state index in [0.29, 0.717) is 30.9 Å². The molecule has 198 valence electrons. The van der Waals surface area contributed by atoms with Gasteiger partial charge < -0.3 is 24.4 Å². The Morgan fingerprint density at radius 2 is 1.85 bits per heavy atom. The molecule has 39 heavy (non-hydrogen) atoms. The smallest absolute Gasteiger partial charge is 0.253 e. The predicted molar refractivity (Wildman–Crippen MR) is 147 cm³/mol. The number of carbonyl (C=O) groups excluding carboxylic acids is 2. The minimum atomic E-state index is -0.370. The van der Waals surface area contributed by atoms with E-state index >= 15 is 0 Å². The molecule has 0 saturated carbocycles. The topological polar surface area (TPSA) is 108 Å². The number of aromatic nitrogens is 2. The zero-order valence-electron chi connectivity index (χ0n) is 21.5. The monoisotopic (exact) mass is 524 g/mol. The van der Waals surface area contributed by atoms with Crippen molar-refractivity contribution in [1.29, 1.82) is 0 Å². The molecule has 0 atom stereocenters. The van der Waals surface area contributed by atoms with Crippen molar-refractivity contribution in [3.8, 4) is 22.6 Å². The van der Waals surface area contributed by atoms with Crippen LogP contribution in [-0.4, -0.2) is 80.6 Å². The van der Waals surface area contributed by atoms with Crippen LogP contribution in [0.4, 0.5) is 0 Å². The number of hydrogen-bond donors (Lipinski definition) is 2. The average Bonchev–Trinajstić information content (AvgIpc) is 3.45. The van der Waals surface area contributed by atoms with E-state index in [-0.39, 0.29) is 35.4 Å². The Morgan fingerprint density at radius 3 is 2.56 bits per heavy atom. The fraction of sp³-hybridized carbons (Fsp3) is 0.233. The SMILES string of the molecule is Cn1cc(C=C2Oc3cccc(O)c3C2=O)c2c(-c3ccc(C(=O)N4CCN(CCO)CC4)cc3)ccnc21. The van der Waals surface area contributed by atoms with E-state index in [2.05, 4.69) is 9.88 Å². The van der Waals surface area contributed by atoms with Crippen LogP contribution in [0.25, 0.3) is 28.2 Å². The Balaban J connectivity index is 1.30. The van der Waals surface area contributed by atoms with Crippen LogP contribution in [0.5, 0.6) is 11.5 Å². The van der Waals surface area contributed by atoms with E-state index in [9.17, 15) is 14.7 Å². The van der Waals surface area contributed by atoms with Crippen molar-refractivity contribution in [2.75, 3.05) is 39.3 Å². The Bertz CT molecular complexity index is 1610. The zero-order valence-corrected chi connectivity index (χ0v) is 21.5. The second kappa shape index (κ2) is 10.0. The maximum atomic E-state index is 13.1. The Morgan fingerprint density at radius 1 is 1.08 bits per heavy atom. The molecule has 9 nitrogen and oxygen atoms in total. The number of aliphatic hydroxyl groups excluding tert-OH is 1. The van der Waals surface area contributed by atoms with Gasteiger partial charge in [0.15, 0.2) is 5.76 Å². The summed E-state index contributed by atoms with van der Waals surface area (Å²) in [5.41, 5.74) is 4.11. The lowest BCUT2D eigenvalue weighted by molar-refractivity contribution is 0.0615. The van der Waals surface area contributed by atoms with E-state index in [4.69, 9.17) is 9.84 Å². The first-order valence-corrected chi connectivity index (χ1v) is 12.9. The lowest BCUT2D eigenvalue weighted by Gasteiger charge is -2.34. The van der Waals surface area contributed by atoms with Gasteiger partial charge in [0.05, 0.1) is 6.61 Å². The minimum Gasteiger partial charge on any atom is -0.507 e. The van der Waals surface area contributed by atoms with Gasteiger partial charge in [-0.15, -0.1) is 0 Å². The zero-order chi connectivity index (χ0) is 27.1. The van der Waals surface area contributed by atoms with E-state index in [1.165, 1.54) is 6.07 Å². The summed E-state index contributed by atoms with van der Waals surface area (Å²) in [7, 11) is 1.89. The molecule has 1 fully saturated rings. The van der Waals surface area contributed by atoms with E-state index < -0.39 is 0 Å². The molecule has 2 N–H and O–H groups in total. The Labute approximate surface area is 225 Å². The first-order chi connectivity index (χ1) is 18.9. The molecule has 0 bridgehead atoms. The summed E-state index contributed by atoms with van der Waals surface area (Å²) in [6.45, 7) is 3.53. The Kier molecular flexibility index (Phi) is 6.38. The summed E-state index contributed by atoms with van der Waals surface area (Å²) >= 11 is 0. The third-order valence-corrected chi connectivity index (χ3v) is 7.37. The van der Waals surface area contributed by atoms with Gasteiger partial charge in [0.1, 0.15) is 22.7 Å². The number of ketones is 1. The molecule has 0 aliphatic carbocycles. The fourth-order valence-corrected chi connectivity index (χ4v) is 5.34. The maximum absolute atomic E-state index is 13.1. The van der Waals surface area contributed by atoms with Crippen LogP contribution >= 0.6 is 0 Å². The molecular weight excluding hydrogens is 496 g/mol. The molecule has 9 heteroatoms. The average molecular weight is 525 g/mol. The first-order valence-electron chi connectivity index (χ1n) is 12.9. The number of phenolic OH excluding ortho intramolecular Hbond substituents is 1. The van der Waals surface area contributed by atoms with Gasteiger partial charge >= 0.3 is 0 Å². The van der Waals surface area contributed by atoms with Crippen molar-refractivity contribution in [3.63, 3.8) is 0 Å². The highest BCUT2D eigenvalue weighted by Gasteiger charge is 2.31. The van der Waals surface area contributed by atoms with Crippen molar-refractivity contribution in [3.05, 3.63) is 83.4 Å². The minimum absolute atomic E-state index is 0.00470. The number of ether oxygens (including phenoxy) is 1. The lowest BCUT2D eigenvalue weighted by Crippen LogP contribution is -2.49. The van der Waals surface area contributed by atoms with E-state index in [1.807, 2.05) is 53.0 Å². The summed E-state index contributed by atoms with van der Waals surface area (Å²) in [6, 6.07) is 14.2. The van der Waals surface area contributed by atoms with Crippen LogP contribution < -0.4 is 4.74 Å². The van der Waals surface area contributed by atoms with Gasteiger partial charge in [0.25, 0.3) is 5.91 Å². The molecule has 6 rings (SSSR count). The fourth-order valence-electron chi connectivity index (χ4n) is 5.34. The summed E-state index contributed by atoms with van der Waals surface area (Å²) in [6.07, 6.45) is 5.32. The second-order valence-electron chi connectivity index (χ2n) is 9.78. The number of amides is 1. The normalized spacial score (nSPS) is 16.6. The highest BCUT2D eigenvalue weighted by molar-refractivity contribution is 6.17. The summed E-state index contributed by atoms with van der Waals surface area (Å²) in [5.74, 6) is -0.0166. The van der Waals surface area contributed by atoms with Gasteiger partial charge in [0.2, 0.25) is 5.78 Å². The number of nitrogens with zero attached hydrogens (tertiary/aromatic N) is 4. The molecule has 4 heterocycles. The number of β-amino-alcohol motifs (C(OH)–C–C–N with tert-alkyl or cyclic N) is 1. The van der Waals surface area contributed by atoms with Crippen LogP contribution in [0.3, 0.4) is 0 Å². The molecule has 2 aliphatic rings. The summed E-state index contributed by atoms with van der Waals surface area (Å²) < 4.78 is 7.68. The number of aliphatic hydroxyl groups is 1. The van der Waals surface area contributed by atoms with Gasteiger partial charge in [-0.1, -0.05) is 18.2 Å². The predicted octanol–water partition coefficient (Wildman–Crippen LogP) is 3.31. The van der Waals surface area contributed by atoms with Crippen LogP contribution in [0.2, 0.25) is 0 Å². The van der Waals surface area contributed by atoms with Gasteiger partial charge in [-0.3, -0.25) is 14.5 Å². The van der Waals surface area contributed by atoms with Crippen LogP contribution in [0.1, 0.15) is 26.3 Å². The largest absolute Gasteiger partial charge is 0.507 e. The molecule has 0 unspecified atom stereocenters. The molecule has 0 radical (unpaired) electrons. The van der Waals surface area contributed by atoms with Crippen molar-refractivity contribution in [1.82, 2.24) is 19.4 Å². The lowest BCUT2D eigenvalue weighted by atomic mass is 9.99. The molecule has 2 aliphatic heterocycles. The number of fused-ring (bicyclic) bond motifs is 2. The van der Waals surface area contributed by atoms with Crippen molar-refractivity contribution < 1.29 is 24.5 Å². The molecule has 4 aromatic rings. The van der Waals surface area contributed by atoms with Crippen molar-refractivity contribution in [2.45, 2.75) is 0 Å². The van der Waals surface area contributed by atoms with Crippen molar-refractivity contribution >= 4 is 28.8 Å². The van der Waals surface area contributed by atoms with Gasteiger partial charge in [-0.2, -0.15) is 0 Å². The number of aryl methyl sites for hydroxylation is 1. The highest BCUT2D eigenvalue weighted by atomic mass is 16.5. The maximum Gasteiger partial charge on any atom is 0.253 e. The molecule has 1 saturated heterocycles.